The number of hydrogen-bond donors (Lipinski definition) is 2. The third-order valence-corrected chi connectivity index (χ3v) is 4.95. The van der Waals surface area contributed by atoms with Gasteiger partial charge in [0.15, 0.2) is 18.1 Å². The molecule has 3 rings (SSSR count). The van der Waals surface area contributed by atoms with Crippen molar-refractivity contribution in [2.45, 2.75) is 6.54 Å². The van der Waals surface area contributed by atoms with Gasteiger partial charge in [-0.05, 0) is 12.1 Å². The zero-order valence-corrected chi connectivity index (χ0v) is 17.3. The molecule has 3 aromatic rings. The number of nitrogens with two attached hydrogens (primary N) is 1. The molecule has 0 atom stereocenters. The lowest BCUT2D eigenvalue weighted by molar-refractivity contribution is -0.120. The molecule has 0 spiro atoms. The SMILES string of the molecule is COc1cc(C(=O)NCc2nc(-c3ccccc3)cs2)cc(OC)c1OCC(N)=O. The van der Waals surface area contributed by atoms with Crippen molar-refractivity contribution in [2.75, 3.05) is 20.8 Å². The summed E-state index contributed by atoms with van der Waals surface area (Å²) in [5.74, 6) is -0.269. The van der Waals surface area contributed by atoms with Crippen LogP contribution in [0.3, 0.4) is 0 Å². The van der Waals surface area contributed by atoms with E-state index in [1.54, 1.807) is 0 Å². The van der Waals surface area contributed by atoms with Crippen molar-refractivity contribution < 1.29 is 23.8 Å². The number of carbonyl (C=O) groups is 2. The Morgan fingerprint density at radius 2 is 1.77 bits per heavy atom. The van der Waals surface area contributed by atoms with Crippen LogP contribution < -0.4 is 25.3 Å². The molecule has 8 nitrogen and oxygen atoms in total. The van der Waals surface area contributed by atoms with Crippen molar-refractivity contribution in [3.63, 3.8) is 0 Å². The van der Waals surface area contributed by atoms with E-state index < -0.39 is 5.91 Å². The van der Waals surface area contributed by atoms with Crippen LogP contribution in [0.15, 0.2) is 47.8 Å². The van der Waals surface area contributed by atoms with Crippen molar-refractivity contribution in [3.05, 3.63) is 58.4 Å². The maximum atomic E-state index is 12.6. The van der Waals surface area contributed by atoms with Gasteiger partial charge in [-0.1, -0.05) is 30.3 Å². The zero-order valence-electron chi connectivity index (χ0n) is 16.5. The van der Waals surface area contributed by atoms with E-state index in [0.717, 1.165) is 16.3 Å². The molecule has 2 aromatic carbocycles. The minimum Gasteiger partial charge on any atom is -0.493 e. The summed E-state index contributed by atoms with van der Waals surface area (Å²) in [6, 6.07) is 12.8. The summed E-state index contributed by atoms with van der Waals surface area (Å²) in [7, 11) is 2.85. The number of nitrogens with one attached hydrogen (secondary N) is 1. The first-order valence-corrected chi connectivity index (χ1v) is 9.85. The van der Waals surface area contributed by atoms with Crippen LogP contribution in [0, 0.1) is 0 Å². The molecule has 0 saturated carbocycles. The summed E-state index contributed by atoms with van der Waals surface area (Å²) in [6.45, 7) is -0.0626. The van der Waals surface area contributed by atoms with E-state index in [2.05, 4.69) is 10.3 Å². The van der Waals surface area contributed by atoms with Gasteiger partial charge in [0.1, 0.15) is 5.01 Å². The average Bonchev–Trinajstić information content (AvgIpc) is 3.25. The highest BCUT2D eigenvalue weighted by atomic mass is 32.1. The summed E-state index contributed by atoms with van der Waals surface area (Å²) in [5.41, 5.74) is 7.32. The van der Waals surface area contributed by atoms with Crippen molar-refractivity contribution in [1.29, 1.82) is 0 Å². The molecule has 0 aliphatic rings. The number of hydrogen-bond acceptors (Lipinski definition) is 7. The third-order valence-electron chi connectivity index (χ3n) is 4.10. The van der Waals surface area contributed by atoms with Gasteiger partial charge in [-0.25, -0.2) is 4.98 Å². The summed E-state index contributed by atoms with van der Waals surface area (Å²) >= 11 is 1.47. The van der Waals surface area contributed by atoms with Crippen molar-refractivity contribution in [3.8, 4) is 28.5 Å². The Bertz CT molecular complexity index is 1010. The van der Waals surface area contributed by atoms with Crippen LogP contribution in [-0.4, -0.2) is 37.6 Å². The molecule has 0 aliphatic heterocycles. The van der Waals surface area contributed by atoms with Gasteiger partial charge >= 0.3 is 0 Å². The van der Waals surface area contributed by atoms with E-state index in [9.17, 15) is 9.59 Å². The van der Waals surface area contributed by atoms with E-state index in [1.807, 2.05) is 35.7 Å². The van der Waals surface area contributed by atoms with Gasteiger partial charge in [0.05, 0.1) is 26.5 Å². The monoisotopic (exact) mass is 427 g/mol. The first kappa shape index (κ1) is 21.1. The fraction of sp³-hybridized carbons (Fsp3) is 0.190. The Hall–Kier alpha value is -3.59. The highest BCUT2D eigenvalue weighted by molar-refractivity contribution is 7.09. The predicted molar refractivity (Wildman–Crippen MR) is 113 cm³/mol. The molecule has 2 amide bonds. The number of ether oxygens (including phenoxy) is 3. The molecule has 1 aromatic heterocycles. The number of carbonyl (C=O) groups excluding carboxylic acids is 2. The molecule has 3 N–H and O–H groups in total. The van der Waals surface area contributed by atoms with Crippen LogP contribution in [0.4, 0.5) is 0 Å². The normalized spacial score (nSPS) is 10.3. The largest absolute Gasteiger partial charge is 0.493 e. The third kappa shape index (κ3) is 5.06. The van der Waals surface area contributed by atoms with E-state index in [4.69, 9.17) is 19.9 Å². The Labute approximate surface area is 177 Å². The lowest BCUT2D eigenvalue weighted by Crippen LogP contribution is -2.23. The second-order valence-electron chi connectivity index (χ2n) is 6.14. The van der Waals surface area contributed by atoms with Gasteiger partial charge in [0.25, 0.3) is 11.8 Å². The Morgan fingerprint density at radius 3 is 2.37 bits per heavy atom. The van der Waals surface area contributed by atoms with Crippen LogP contribution in [0.25, 0.3) is 11.3 Å². The minimum atomic E-state index is -0.640. The van der Waals surface area contributed by atoms with Crippen molar-refractivity contribution in [2.24, 2.45) is 5.73 Å². The molecule has 1 heterocycles. The number of benzene rings is 2. The van der Waals surface area contributed by atoms with Gasteiger partial charge in [-0.3, -0.25) is 9.59 Å². The van der Waals surface area contributed by atoms with E-state index in [-0.39, 0.29) is 36.3 Å². The smallest absolute Gasteiger partial charge is 0.255 e. The molecular weight excluding hydrogens is 406 g/mol. The number of methoxy groups -OCH3 is 2. The molecule has 0 radical (unpaired) electrons. The maximum absolute atomic E-state index is 12.6. The van der Waals surface area contributed by atoms with Crippen molar-refractivity contribution >= 4 is 23.2 Å². The molecule has 30 heavy (non-hydrogen) atoms. The highest BCUT2D eigenvalue weighted by Crippen LogP contribution is 2.38. The Balaban J connectivity index is 1.72. The van der Waals surface area contributed by atoms with E-state index in [1.165, 1.54) is 37.7 Å². The van der Waals surface area contributed by atoms with Gasteiger partial charge < -0.3 is 25.3 Å². The van der Waals surface area contributed by atoms with Crippen molar-refractivity contribution in [1.82, 2.24) is 10.3 Å². The molecule has 156 valence electrons. The van der Waals surface area contributed by atoms with Crippen LogP contribution in [0.5, 0.6) is 17.2 Å². The molecule has 0 bridgehead atoms. The number of rotatable bonds is 9. The summed E-state index contributed by atoms with van der Waals surface area (Å²) < 4.78 is 15.9. The molecule has 0 fully saturated rings. The van der Waals surface area contributed by atoms with Crippen LogP contribution in [0.2, 0.25) is 0 Å². The van der Waals surface area contributed by atoms with Gasteiger partial charge in [-0.15, -0.1) is 11.3 Å². The van der Waals surface area contributed by atoms with Gasteiger partial charge in [-0.2, -0.15) is 0 Å². The standard InChI is InChI=1S/C21H21N3O5S/c1-27-16-8-14(9-17(28-2)20(16)29-11-18(22)25)21(26)23-10-19-24-15(12-30-19)13-6-4-3-5-7-13/h3-9,12H,10-11H2,1-2H3,(H2,22,25)(H,23,26). The number of thiazole rings is 1. The summed E-state index contributed by atoms with van der Waals surface area (Å²) in [5, 5.41) is 5.57. The van der Waals surface area contributed by atoms with Gasteiger partial charge in [0.2, 0.25) is 5.75 Å². The Kier molecular flexibility index (Phi) is 6.87. The first-order chi connectivity index (χ1) is 14.5. The highest BCUT2D eigenvalue weighted by Gasteiger charge is 2.18. The summed E-state index contributed by atoms with van der Waals surface area (Å²) in [6.07, 6.45) is 0. The molecule has 0 aliphatic carbocycles. The van der Waals surface area contributed by atoms with E-state index >= 15 is 0 Å². The van der Waals surface area contributed by atoms with Gasteiger partial charge in [0, 0.05) is 16.5 Å². The summed E-state index contributed by atoms with van der Waals surface area (Å²) in [4.78, 5) is 28.2. The predicted octanol–water partition coefficient (Wildman–Crippen LogP) is 2.62. The molecule has 9 heteroatoms. The topological polar surface area (TPSA) is 113 Å². The minimum absolute atomic E-state index is 0.197. The molecular formula is C21H21N3O5S. The van der Waals surface area contributed by atoms with Crippen LogP contribution in [-0.2, 0) is 11.3 Å². The van der Waals surface area contributed by atoms with Crippen LogP contribution in [0.1, 0.15) is 15.4 Å². The second-order valence-corrected chi connectivity index (χ2v) is 7.08. The number of nitrogens with zero attached hydrogens (tertiary/aromatic N) is 1. The lowest BCUT2D eigenvalue weighted by atomic mass is 10.1. The fourth-order valence-electron chi connectivity index (χ4n) is 2.69. The lowest BCUT2D eigenvalue weighted by Gasteiger charge is -2.15. The Morgan fingerprint density at radius 1 is 1.10 bits per heavy atom. The fourth-order valence-corrected chi connectivity index (χ4v) is 3.43. The first-order valence-electron chi connectivity index (χ1n) is 8.97. The van der Waals surface area contributed by atoms with E-state index in [0.29, 0.717) is 5.56 Å². The molecule has 0 saturated heterocycles. The second kappa shape index (κ2) is 9.75. The quantitative estimate of drug-likeness (QED) is 0.543. The number of aromatic nitrogens is 1. The maximum Gasteiger partial charge on any atom is 0.255 e. The molecule has 0 unspecified atom stereocenters. The number of amides is 2. The number of primary amides is 1. The van der Waals surface area contributed by atoms with Crippen LogP contribution >= 0.6 is 11.3 Å². The zero-order chi connectivity index (χ0) is 21.5. The average molecular weight is 427 g/mol.